The first kappa shape index (κ1) is 12.8. The van der Waals surface area contributed by atoms with E-state index in [4.69, 9.17) is 5.73 Å². The van der Waals surface area contributed by atoms with Gasteiger partial charge in [-0.15, -0.1) is 0 Å². The van der Waals surface area contributed by atoms with E-state index < -0.39 is 0 Å². The summed E-state index contributed by atoms with van der Waals surface area (Å²) in [6.07, 6.45) is 0. The van der Waals surface area contributed by atoms with Crippen LogP contribution >= 0.6 is 0 Å². The van der Waals surface area contributed by atoms with Crippen molar-refractivity contribution in [1.29, 1.82) is 0 Å². The van der Waals surface area contributed by atoms with Crippen molar-refractivity contribution in [3.05, 3.63) is 5.69 Å². The molecule has 1 aromatic rings. The van der Waals surface area contributed by atoms with Gasteiger partial charge >= 0.3 is 0 Å². The Hall–Kier alpha value is -1.23. The molecule has 1 aromatic heterocycles. The summed E-state index contributed by atoms with van der Waals surface area (Å²) in [6.45, 7) is 6.83. The van der Waals surface area contributed by atoms with E-state index in [1.54, 1.807) is 0 Å². The number of nitrogen functional groups attached to an aromatic ring is 1. The molecule has 0 amide bonds. The van der Waals surface area contributed by atoms with Gasteiger partial charge in [0.1, 0.15) is 5.82 Å². The van der Waals surface area contributed by atoms with Crippen molar-refractivity contribution in [2.75, 3.05) is 44.9 Å². The zero-order chi connectivity index (χ0) is 12.3. The molecule has 0 bridgehead atoms. The molecule has 0 saturated heterocycles. The van der Waals surface area contributed by atoms with Crippen LogP contribution in [-0.2, 0) is 6.54 Å². The van der Waals surface area contributed by atoms with Crippen LogP contribution in [0.3, 0.4) is 0 Å². The number of anilines is 2. The van der Waals surface area contributed by atoms with Crippen LogP contribution in [0.15, 0.2) is 0 Å². The van der Waals surface area contributed by atoms with Crippen molar-refractivity contribution in [3.63, 3.8) is 0 Å². The van der Waals surface area contributed by atoms with Gasteiger partial charge in [0.2, 0.25) is 0 Å². The molecule has 16 heavy (non-hydrogen) atoms. The monoisotopic (exact) mass is 225 g/mol. The van der Waals surface area contributed by atoms with E-state index in [-0.39, 0.29) is 0 Å². The first-order chi connectivity index (χ1) is 7.47. The van der Waals surface area contributed by atoms with E-state index in [2.05, 4.69) is 43.0 Å². The average Bonchev–Trinajstić information content (AvgIpc) is 2.51. The molecule has 0 atom stereocenters. The minimum Gasteiger partial charge on any atom is -0.394 e. The van der Waals surface area contributed by atoms with Crippen molar-refractivity contribution in [2.45, 2.75) is 20.4 Å². The number of rotatable bonds is 5. The summed E-state index contributed by atoms with van der Waals surface area (Å²) in [7, 11) is 6.20. The first-order valence-electron chi connectivity index (χ1n) is 5.66. The van der Waals surface area contributed by atoms with Crippen LogP contribution in [0.2, 0.25) is 0 Å². The molecule has 0 fully saturated rings. The topological polar surface area (TPSA) is 50.3 Å². The molecular formula is C11H23N5. The molecule has 0 spiro atoms. The summed E-state index contributed by atoms with van der Waals surface area (Å²) in [5.41, 5.74) is 7.75. The quantitative estimate of drug-likeness (QED) is 0.805. The van der Waals surface area contributed by atoms with Crippen molar-refractivity contribution in [2.24, 2.45) is 0 Å². The van der Waals surface area contributed by atoms with Crippen LogP contribution < -0.4 is 10.6 Å². The minimum atomic E-state index is 0.795. The standard InChI is InChI=1S/C11H23N5/c1-6-16-11(10(12)9(2)13-16)15(5)8-7-14(3)4/h6-8,12H2,1-5H3. The first-order valence-corrected chi connectivity index (χ1v) is 5.66. The van der Waals surface area contributed by atoms with Gasteiger partial charge in [0.25, 0.3) is 0 Å². The number of likely N-dealkylation sites (N-methyl/N-ethyl adjacent to an activating group) is 2. The van der Waals surface area contributed by atoms with E-state index in [1.165, 1.54) is 0 Å². The molecule has 5 nitrogen and oxygen atoms in total. The second-order valence-electron chi connectivity index (χ2n) is 4.36. The third-order valence-corrected chi connectivity index (χ3v) is 2.69. The highest BCUT2D eigenvalue weighted by Gasteiger charge is 2.15. The van der Waals surface area contributed by atoms with Gasteiger partial charge in [-0.2, -0.15) is 5.10 Å². The maximum Gasteiger partial charge on any atom is 0.150 e. The highest BCUT2D eigenvalue weighted by Crippen LogP contribution is 2.25. The lowest BCUT2D eigenvalue weighted by Gasteiger charge is -2.22. The molecule has 1 rings (SSSR count). The molecule has 1 heterocycles. The Morgan fingerprint density at radius 3 is 2.38 bits per heavy atom. The molecule has 0 aromatic carbocycles. The number of hydrogen-bond acceptors (Lipinski definition) is 4. The van der Waals surface area contributed by atoms with Gasteiger partial charge in [-0.3, -0.25) is 0 Å². The van der Waals surface area contributed by atoms with Gasteiger partial charge in [0.15, 0.2) is 0 Å². The lowest BCUT2D eigenvalue weighted by atomic mass is 10.3. The fraction of sp³-hybridized carbons (Fsp3) is 0.727. The molecule has 0 unspecified atom stereocenters. The van der Waals surface area contributed by atoms with Gasteiger partial charge in [0.05, 0.1) is 11.4 Å². The van der Waals surface area contributed by atoms with E-state index in [9.17, 15) is 0 Å². The molecule has 0 saturated carbocycles. The van der Waals surface area contributed by atoms with Gasteiger partial charge in [-0.25, -0.2) is 4.68 Å². The zero-order valence-electron chi connectivity index (χ0n) is 11.0. The molecule has 0 radical (unpaired) electrons. The molecular weight excluding hydrogens is 202 g/mol. The van der Waals surface area contributed by atoms with E-state index >= 15 is 0 Å². The SMILES string of the molecule is CCn1nc(C)c(N)c1N(C)CCN(C)C. The lowest BCUT2D eigenvalue weighted by Crippen LogP contribution is -2.30. The van der Waals surface area contributed by atoms with Crippen molar-refractivity contribution in [3.8, 4) is 0 Å². The largest absolute Gasteiger partial charge is 0.394 e. The summed E-state index contributed by atoms with van der Waals surface area (Å²) in [5, 5.41) is 4.41. The molecule has 92 valence electrons. The van der Waals surface area contributed by atoms with Crippen LogP contribution in [0, 0.1) is 6.92 Å². The van der Waals surface area contributed by atoms with Crippen LogP contribution in [0.4, 0.5) is 11.5 Å². The predicted octanol–water partition coefficient (Wildman–Crippen LogP) is 0.791. The number of aromatic nitrogens is 2. The number of hydrogen-bond donors (Lipinski definition) is 1. The summed E-state index contributed by atoms with van der Waals surface area (Å²) < 4.78 is 1.96. The van der Waals surface area contributed by atoms with Crippen molar-refractivity contribution >= 4 is 11.5 Å². The smallest absolute Gasteiger partial charge is 0.150 e. The van der Waals surface area contributed by atoms with Gasteiger partial charge in [-0.05, 0) is 27.9 Å². The Morgan fingerprint density at radius 2 is 1.88 bits per heavy atom. The van der Waals surface area contributed by atoms with Crippen molar-refractivity contribution in [1.82, 2.24) is 14.7 Å². The fourth-order valence-corrected chi connectivity index (χ4v) is 1.66. The van der Waals surface area contributed by atoms with Crippen LogP contribution in [-0.4, -0.2) is 48.9 Å². The Balaban J connectivity index is 2.84. The van der Waals surface area contributed by atoms with E-state index in [0.717, 1.165) is 36.8 Å². The Labute approximate surface area is 97.8 Å². The van der Waals surface area contributed by atoms with Gasteiger partial charge in [-0.1, -0.05) is 0 Å². The molecule has 0 aliphatic carbocycles. The predicted molar refractivity (Wildman–Crippen MR) is 68.9 cm³/mol. The summed E-state index contributed by atoms with van der Waals surface area (Å²) >= 11 is 0. The van der Waals surface area contributed by atoms with Crippen LogP contribution in [0.5, 0.6) is 0 Å². The van der Waals surface area contributed by atoms with Crippen LogP contribution in [0.1, 0.15) is 12.6 Å². The molecule has 0 aliphatic heterocycles. The lowest BCUT2D eigenvalue weighted by molar-refractivity contribution is 0.415. The average molecular weight is 225 g/mol. The summed E-state index contributed by atoms with van der Waals surface area (Å²) in [6, 6.07) is 0. The number of nitrogens with two attached hydrogens (primary N) is 1. The molecule has 2 N–H and O–H groups in total. The highest BCUT2D eigenvalue weighted by molar-refractivity contribution is 5.65. The Bertz CT molecular complexity index is 342. The fourth-order valence-electron chi connectivity index (χ4n) is 1.66. The second-order valence-corrected chi connectivity index (χ2v) is 4.36. The van der Waals surface area contributed by atoms with Gasteiger partial charge < -0.3 is 15.5 Å². The Morgan fingerprint density at radius 1 is 1.25 bits per heavy atom. The zero-order valence-corrected chi connectivity index (χ0v) is 11.0. The molecule has 5 heteroatoms. The third-order valence-electron chi connectivity index (χ3n) is 2.69. The van der Waals surface area contributed by atoms with Crippen molar-refractivity contribution < 1.29 is 0 Å². The number of nitrogens with zero attached hydrogens (tertiary/aromatic N) is 4. The third kappa shape index (κ3) is 2.66. The minimum absolute atomic E-state index is 0.795. The maximum atomic E-state index is 6.05. The van der Waals surface area contributed by atoms with Gasteiger partial charge in [0, 0.05) is 26.7 Å². The summed E-state index contributed by atoms with van der Waals surface area (Å²) in [4.78, 5) is 4.32. The Kier molecular flexibility index (Phi) is 4.18. The van der Waals surface area contributed by atoms with E-state index in [1.807, 2.05) is 11.6 Å². The number of aryl methyl sites for hydroxylation is 2. The summed E-state index contributed by atoms with van der Waals surface area (Å²) in [5.74, 6) is 1.03. The van der Waals surface area contributed by atoms with E-state index in [0.29, 0.717) is 0 Å². The normalized spacial score (nSPS) is 11.1. The highest BCUT2D eigenvalue weighted by atomic mass is 15.4. The van der Waals surface area contributed by atoms with Crippen LogP contribution in [0.25, 0.3) is 0 Å². The maximum absolute atomic E-state index is 6.05. The molecule has 0 aliphatic rings. The second kappa shape index (κ2) is 5.21.